The van der Waals surface area contributed by atoms with Crippen LogP contribution >= 0.6 is 0 Å². The minimum Gasteiger partial charge on any atom is -0.0654 e. The normalized spacial score (nSPS) is 13.3. The number of hydrogen-bond donors (Lipinski definition) is 0. The quantitative estimate of drug-likeness (QED) is 0.117. The van der Waals surface area contributed by atoms with Gasteiger partial charge in [0.25, 0.3) is 0 Å². The summed E-state index contributed by atoms with van der Waals surface area (Å²) in [5.41, 5.74) is 0. The van der Waals surface area contributed by atoms with Gasteiger partial charge in [-0.1, -0.05) is 13.8 Å². The molecule has 0 N–H and O–H groups in total. The van der Waals surface area contributed by atoms with Gasteiger partial charge in [0.2, 0.25) is 0 Å². The first kappa shape index (κ1) is 28.6. The van der Waals surface area contributed by atoms with Crippen LogP contribution in [0.2, 0.25) is 0 Å². The van der Waals surface area contributed by atoms with E-state index in [4.69, 9.17) is 9.47 Å². The van der Waals surface area contributed by atoms with Crippen LogP contribution in [0.1, 0.15) is 130 Å². The first-order valence-corrected chi connectivity index (χ1v) is 15.5. The summed E-state index contributed by atoms with van der Waals surface area (Å²) < 4.78 is 12.5. The van der Waals surface area contributed by atoms with E-state index in [9.17, 15) is 0 Å². The molecule has 1 aromatic heterocycles. The Balaban J connectivity index is 2.27. The summed E-state index contributed by atoms with van der Waals surface area (Å²) in [5, 5.41) is 0. The molecule has 0 bridgehead atoms. The maximum atomic E-state index is 6.25. The Hall–Kier alpha value is -0.401. The molecule has 0 amide bonds. The fraction of sp³-hybridized carbons (Fsp3) is 0.857. The average Bonchev–Trinajstić information content (AvgIpc) is 3.24. The zero-order valence-corrected chi connectivity index (χ0v) is 23.0. The van der Waals surface area contributed by atoms with E-state index in [1.165, 1.54) is 103 Å². The molecule has 0 aliphatic carbocycles. The van der Waals surface area contributed by atoms with Gasteiger partial charge >= 0.3 is 187 Å². The van der Waals surface area contributed by atoms with Crippen LogP contribution in [0.5, 0.6) is 11.5 Å². The van der Waals surface area contributed by atoms with Crippen LogP contribution in [0.4, 0.5) is 0 Å². The summed E-state index contributed by atoms with van der Waals surface area (Å²) in [6, 6.07) is 0. The Morgan fingerprint density at radius 3 is 1.35 bits per heavy atom. The summed E-state index contributed by atoms with van der Waals surface area (Å²) in [7, 11) is 0. The number of hydrogen-bond acceptors (Lipinski definition) is 2. The van der Waals surface area contributed by atoms with Gasteiger partial charge in [0.1, 0.15) is 0 Å². The molecule has 1 rings (SSSR count). The SMILES string of the molecule is CCCCCCCCC(CC)COc1c[se]cc1OCC(CC)CCCCCCCC. The molecule has 2 atom stereocenters. The zero-order chi connectivity index (χ0) is 22.6. The molecule has 0 saturated heterocycles. The molecular formula is C28H52O2Se. The van der Waals surface area contributed by atoms with Crippen molar-refractivity contribution in [3.05, 3.63) is 9.88 Å². The van der Waals surface area contributed by atoms with Crippen LogP contribution in [0, 0.1) is 11.8 Å². The van der Waals surface area contributed by atoms with Crippen molar-refractivity contribution in [2.24, 2.45) is 11.8 Å². The number of unbranched alkanes of at least 4 members (excludes halogenated alkanes) is 10. The van der Waals surface area contributed by atoms with Gasteiger partial charge in [0.05, 0.1) is 0 Å². The third-order valence-electron chi connectivity index (χ3n) is 6.63. The van der Waals surface area contributed by atoms with Crippen LogP contribution < -0.4 is 9.47 Å². The average molecular weight is 500 g/mol. The Morgan fingerprint density at radius 2 is 0.968 bits per heavy atom. The van der Waals surface area contributed by atoms with Gasteiger partial charge in [-0.15, -0.1) is 0 Å². The van der Waals surface area contributed by atoms with Crippen LogP contribution in [-0.4, -0.2) is 27.7 Å². The summed E-state index contributed by atoms with van der Waals surface area (Å²) in [6.45, 7) is 10.9. The van der Waals surface area contributed by atoms with Gasteiger partial charge in [0.15, 0.2) is 0 Å². The second kappa shape index (κ2) is 20.2. The van der Waals surface area contributed by atoms with Crippen molar-refractivity contribution < 1.29 is 9.47 Å². The van der Waals surface area contributed by atoms with E-state index in [1.54, 1.807) is 0 Å². The van der Waals surface area contributed by atoms with Gasteiger partial charge in [-0.3, -0.25) is 0 Å². The van der Waals surface area contributed by atoms with Crippen molar-refractivity contribution in [3.63, 3.8) is 0 Å². The van der Waals surface area contributed by atoms with Crippen molar-refractivity contribution in [1.82, 2.24) is 0 Å². The van der Waals surface area contributed by atoms with Crippen molar-refractivity contribution in [2.45, 2.75) is 130 Å². The molecule has 2 nitrogen and oxygen atoms in total. The zero-order valence-electron chi connectivity index (χ0n) is 21.3. The summed E-state index contributed by atoms with van der Waals surface area (Å²) in [4.78, 5) is 4.52. The van der Waals surface area contributed by atoms with E-state index < -0.39 is 0 Å². The fourth-order valence-electron chi connectivity index (χ4n) is 4.14. The van der Waals surface area contributed by atoms with E-state index in [-0.39, 0.29) is 0 Å². The van der Waals surface area contributed by atoms with Crippen molar-refractivity contribution in [3.8, 4) is 11.5 Å². The first-order chi connectivity index (χ1) is 15.2. The van der Waals surface area contributed by atoms with Gasteiger partial charge in [0, 0.05) is 0 Å². The molecule has 0 saturated carbocycles. The minimum absolute atomic E-state index is 0.395. The monoisotopic (exact) mass is 500 g/mol. The molecule has 3 heteroatoms. The molecule has 0 fully saturated rings. The minimum atomic E-state index is 0.395. The van der Waals surface area contributed by atoms with Crippen molar-refractivity contribution in [2.75, 3.05) is 13.2 Å². The Labute approximate surface area is 200 Å². The molecule has 1 aromatic rings. The van der Waals surface area contributed by atoms with Crippen LogP contribution in [-0.2, 0) is 0 Å². The molecule has 2 unspecified atom stereocenters. The van der Waals surface area contributed by atoms with E-state index >= 15 is 0 Å². The van der Waals surface area contributed by atoms with Gasteiger partial charge < -0.3 is 0 Å². The van der Waals surface area contributed by atoms with Crippen LogP contribution in [0.3, 0.4) is 0 Å². The van der Waals surface area contributed by atoms with E-state index in [1.807, 2.05) is 0 Å². The first-order valence-electron chi connectivity index (χ1n) is 13.6. The van der Waals surface area contributed by atoms with Crippen molar-refractivity contribution in [1.29, 1.82) is 0 Å². The molecule has 1 heterocycles. The Morgan fingerprint density at radius 1 is 0.581 bits per heavy atom. The third kappa shape index (κ3) is 14.4. The molecule has 0 aliphatic rings. The van der Waals surface area contributed by atoms with Crippen LogP contribution in [0.25, 0.3) is 0 Å². The number of ether oxygens (including phenoxy) is 2. The van der Waals surface area contributed by atoms with Gasteiger partial charge in [-0.05, 0) is 0 Å². The predicted molar refractivity (Wildman–Crippen MR) is 138 cm³/mol. The standard InChI is InChI=1S/C28H52O2Se/c1-5-9-11-13-15-17-19-25(7-3)21-29-27-23-31-24-28(27)30-22-26(8-4)20-18-16-14-12-10-6-2/h23-26H,5-22H2,1-4H3. The second-order valence-corrected chi connectivity index (χ2v) is 10.9. The smallest absolute Gasteiger partial charge is 0.0654 e. The summed E-state index contributed by atoms with van der Waals surface area (Å²) in [6.07, 6.45) is 21.6. The van der Waals surface area contributed by atoms with E-state index in [0.717, 1.165) is 24.7 Å². The molecule has 0 aliphatic heterocycles. The molecular weight excluding hydrogens is 447 g/mol. The third-order valence-corrected chi connectivity index (χ3v) is 8.10. The molecule has 182 valence electrons. The summed E-state index contributed by atoms with van der Waals surface area (Å²) >= 11 is 0.395. The second-order valence-electron chi connectivity index (χ2n) is 9.38. The predicted octanol–water partition coefficient (Wildman–Crippen LogP) is 9.05. The van der Waals surface area contributed by atoms with Crippen molar-refractivity contribution >= 4 is 14.5 Å². The Bertz CT molecular complexity index is 456. The molecule has 0 aromatic carbocycles. The number of rotatable bonds is 22. The fourth-order valence-corrected chi connectivity index (χ4v) is 5.57. The van der Waals surface area contributed by atoms with Gasteiger partial charge in [-0.2, -0.15) is 0 Å². The topological polar surface area (TPSA) is 18.5 Å². The summed E-state index contributed by atoms with van der Waals surface area (Å²) in [5.74, 6) is 3.40. The maximum absolute atomic E-state index is 6.25. The molecule has 0 radical (unpaired) electrons. The Kier molecular flexibility index (Phi) is 18.7. The van der Waals surface area contributed by atoms with Crippen LogP contribution in [0.15, 0.2) is 9.88 Å². The molecule has 31 heavy (non-hydrogen) atoms. The van der Waals surface area contributed by atoms with E-state index in [0.29, 0.717) is 26.3 Å². The van der Waals surface area contributed by atoms with Gasteiger partial charge in [-0.25, -0.2) is 0 Å². The molecule has 0 spiro atoms. The van der Waals surface area contributed by atoms with E-state index in [2.05, 4.69) is 37.6 Å².